The van der Waals surface area contributed by atoms with Crippen LogP contribution >= 0.6 is 0 Å². The van der Waals surface area contributed by atoms with Crippen LogP contribution in [-0.2, 0) is 9.05 Å². The topological polar surface area (TPSA) is 64.8 Å². The van der Waals surface area contributed by atoms with Gasteiger partial charge in [-0.15, -0.1) is 5.23 Å². The SMILES string of the molecule is C[Si](C)(C)ON(O[Si](C)(C)C)c1ccc(/C=C/[N+](=O)[O-])cc1. The molecule has 0 fully saturated rings. The number of hydrogen-bond acceptors (Lipinski definition) is 5. The van der Waals surface area contributed by atoms with Crippen LogP contribution in [0.5, 0.6) is 0 Å². The summed E-state index contributed by atoms with van der Waals surface area (Å²) >= 11 is 0. The van der Waals surface area contributed by atoms with Crippen LogP contribution in [0.3, 0.4) is 0 Å². The number of hydrogen-bond donors (Lipinski definition) is 0. The molecule has 1 rings (SSSR count). The Balaban J connectivity index is 2.97. The molecule has 6 nitrogen and oxygen atoms in total. The molecule has 0 bridgehead atoms. The molecule has 1 aromatic rings. The summed E-state index contributed by atoms with van der Waals surface area (Å²) in [5, 5.41) is 11.9. The average Bonchev–Trinajstić information content (AvgIpc) is 2.32. The van der Waals surface area contributed by atoms with Crippen molar-refractivity contribution in [1.82, 2.24) is 0 Å². The molecule has 0 saturated heterocycles. The number of anilines is 1. The van der Waals surface area contributed by atoms with Crippen LogP contribution < -0.4 is 5.23 Å². The van der Waals surface area contributed by atoms with Crippen LogP contribution in [0.1, 0.15) is 5.56 Å². The van der Waals surface area contributed by atoms with Gasteiger partial charge in [0.15, 0.2) is 0 Å². The third-order valence-electron chi connectivity index (χ3n) is 2.21. The van der Waals surface area contributed by atoms with E-state index in [1.165, 1.54) is 11.3 Å². The molecular formula is C14H24N2O4Si2. The molecule has 22 heavy (non-hydrogen) atoms. The molecule has 8 heteroatoms. The second-order valence-corrected chi connectivity index (χ2v) is 15.7. The Hall–Kier alpha value is -1.49. The first kappa shape index (κ1) is 18.6. The first-order chi connectivity index (χ1) is 9.96. The molecule has 0 unspecified atom stereocenters. The molecule has 0 spiro atoms. The fraction of sp³-hybridized carbons (Fsp3) is 0.429. The highest BCUT2D eigenvalue weighted by atomic mass is 28.4. The minimum atomic E-state index is -1.83. The van der Waals surface area contributed by atoms with Crippen molar-refractivity contribution in [3.05, 3.63) is 46.1 Å². The Morgan fingerprint density at radius 1 is 1.00 bits per heavy atom. The summed E-state index contributed by atoms with van der Waals surface area (Å²) in [6.45, 7) is 12.5. The predicted octanol–water partition coefficient (Wildman–Crippen LogP) is 4.27. The lowest BCUT2D eigenvalue weighted by Crippen LogP contribution is -2.43. The maximum Gasteiger partial charge on any atom is 0.235 e. The second-order valence-electron chi connectivity index (χ2n) is 6.86. The molecule has 0 aliphatic rings. The Bertz CT molecular complexity index is 517. The molecule has 1 aromatic carbocycles. The van der Waals surface area contributed by atoms with E-state index in [-0.39, 0.29) is 0 Å². The molecule has 0 heterocycles. The number of nitrogens with zero attached hydrogens (tertiary/aromatic N) is 2. The van der Waals surface area contributed by atoms with Crippen molar-refractivity contribution in [2.45, 2.75) is 39.3 Å². The van der Waals surface area contributed by atoms with Gasteiger partial charge < -0.3 is 0 Å². The van der Waals surface area contributed by atoms with Gasteiger partial charge in [0.2, 0.25) is 22.8 Å². The Labute approximate surface area is 133 Å². The molecule has 0 saturated carbocycles. The van der Waals surface area contributed by atoms with Crippen LogP contribution in [0.15, 0.2) is 30.5 Å². The summed E-state index contributed by atoms with van der Waals surface area (Å²) in [5.74, 6) is 0. The van der Waals surface area contributed by atoms with Crippen molar-refractivity contribution in [2.24, 2.45) is 0 Å². The van der Waals surface area contributed by atoms with Gasteiger partial charge in [-0.05, 0) is 57.0 Å². The average molecular weight is 341 g/mol. The van der Waals surface area contributed by atoms with Crippen molar-refractivity contribution in [1.29, 1.82) is 0 Å². The molecule has 122 valence electrons. The van der Waals surface area contributed by atoms with Crippen molar-refractivity contribution < 1.29 is 14.0 Å². The monoisotopic (exact) mass is 340 g/mol. The van der Waals surface area contributed by atoms with Crippen molar-refractivity contribution in [3.8, 4) is 0 Å². The normalized spacial score (nSPS) is 12.6. The summed E-state index contributed by atoms with van der Waals surface area (Å²) < 4.78 is 12.0. The van der Waals surface area contributed by atoms with E-state index in [0.29, 0.717) is 0 Å². The maximum atomic E-state index is 10.3. The van der Waals surface area contributed by atoms with Crippen molar-refractivity contribution >= 4 is 28.4 Å². The lowest BCUT2D eigenvalue weighted by atomic mass is 10.2. The van der Waals surface area contributed by atoms with Gasteiger partial charge in [-0.1, -0.05) is 12.1 Å². The molecule has 0 radical (unpaired) electrons. The van der Waals surface area contributed by atoms with Gasteiger partial charge >= 0.3 is 0 Å². The molecule has 0 atom stereocenters. The van der Waals surface area contributed by atoms with E-state index >= 15 is 0 Å². The van der Waals surface area contributed by atoms with E-state index in [1.54, 1.807) is 12.1 Å². The van der Waals surface area contributed by atoms with E-state index < -0.39 is 21.6 Å². The lowest BCUT2D eigenvalue weighted by Gasteiger charge is -2.34. The minimum absolute atomic E-state index is 0.483. The Kier molecular flexibility index (Phi) is 6.06. The number of nitro groups is 1. The third kappa shape index (κ3) is 7.50. The highest BCUT2D eigenvalue weighted by Gasteiger charge is 2.26. The third-order valence-corrected chi connectivity index (χ3v) is 3.63. The minimum Gasteiger partial charge on any atom is -0.298 e. The summed E-state index contributed by atoms with van der Waals surface area (Å²) in [6, 6.07) is 7.26. The molecule has 0 amide bonds. The summed E-state index contributed by atoms with van der Waals surface area (Å²) in [5.41, 5.74) is 1.53. The van der Waals surface area contributed by atoms with Gasteiger partial charge in [0.25, 0.3) is 0 Å². The van der Waals surface area contributed by atoms with Gasteiger partial charge in [-0.3, -0.25) is 19.2 Å². The van der Waals surface area contributed by atoms with Gasteiger partial charge in [0.05, 0.1) is 10.6 Å². The summed E-state index contributed by atoms with van der Waals surface area (Å²) in [7, 11) is -3.65. The fourth-order valence-corrected chi connectivity index (χ4v) is 2.83. The quantitative estimate of drug-likeness (QED) is 0.421. The van der Waals surface area contributed by atoms with Gasteiger partial charge in [-0.2, -0.15) is 0 Å². The van der Waals surface area contributed by atoms with Crippen LogP contribution in [0, 0.1) is 10.1 Å². The highest BCUT2D eigenvalue weighted by Crippen LogP contribution is 2.22. The Morgan fingerprint density at radius 2 is 1.45 bits per heavy atom. The van der Waals surface area contributed by atoms with Crippen LogP contribution in [0.2, 0.25) is 39.3 Å². The van der Waals surface area contributed by atoms with E-state index in [4.69, 9.17) is 9.05 Å². The zero-order valence-electron chi connectivity index (χ0n) is 14.0. The largest absolute Gasteiger partial charge is 0.298 e. The molecule has 0 aliphatic carbocycles. The van der Waals surface area contributed by atoms with E-state index in [1.807, 2.05) is 12.1 Å². The van der Waals surface area contributed by atoms with E-state index in [0.717, 1.165) is 17.5 Å². The zero-order chi connectivity index (χ0) is 17.0. The molecular weight excluding hydrogens is 316 g/mol. The lowest BCUT2D eigenvalue weighted by molar-refractivity contribution is -0.400. The molecule has 0 N–H and O–H groups in total. The van der Waals surface area contributed by atoms with Crippen LogP contribution in [0.4, 0.5) is 5.69 Å². The van der Waals surface area contributed by atoms with Crippen molar-refractivity contribution in [3.63, 3.8) is 0 Å². The van der Waals surface area contributed by atoms with E-state index in [9.17, 15) is 10.1 Å². The van der Waals surface area contributed by atoms with Gasteiger partial charge in [0, 0.05) is 6.08 Å². The zero-order valence-corrected chi connectivity index (χ0v) is 16.0. The van der Waals surface area contributed by atoms with Gasteiger partial charge in [-0.25, -0.2) is 0 Å². The fourth-order valence-electron chi connectivity index (χ4n) is 1.48. The standard InChI is InChI=1S/C14H24N2O4Si2/c1-21(2,3)19-16(20-22(4,5)6)14-9-7-13(8-10-14)11-12-15(17)18/h7-12H,1-6H3/b12-11+. The van der Waals surface area contributed by atoms with Crippen LogP contribution in [-0.4, -0.2) is 21.6 Å². The van der Waals surface area contributed by atoms with Crippen LogP contribution in [0.25, 0.3) is 6.08 Å². The number of benzene rings is 1. The molecule has 0 aromatic heterocycles. The van der Waals surface area contributed by atoms with Crippen molar-refractivity contribution in [2.75, 3.05) is 5.23 Å². The smallest absolute Gasteiger partial charge is 0.235 e. The predicted molar refractivity (Wildman–Crippen MR) is 93.8 cm³/mol. The maximum absolute atomic E-state index is 10.3. The summed E-state index contributed by atoms with van der Waals surface area (Å²) in [6.07, 6.45) is 2.37. The summed E-state index contributed by atoms with van der Waals surface area (Å²) in [4.78, 5) is 9.86. The first-order valence-corrected chi connectivity index (χ1v) is 13.9. The van der Waals surface area contributed by atoms with Gasteiger partial charge in [0.1, 0.15) is 0 Å². The van der Waals surface area contributed by atoms with E-state index in [2.05, 4.69) is 39.3 Å². The Morgan fingerprint density at radius 3 is 1.82 bits per heavy atom. The number of rotatable bonds is 7. The molecule has 0 aliphatic heterocycles. The second kappa shape index (κ2) is 7.18. The first-order valence-electron chi connectivity index (χ1n) is 7.06. The highest BCUT2D eigenvalue weighted by molar-refractivity contribution is 6.71.